The molecule has 1 aromatic rings. The van der Waals surface area contributed by atoms with Gasteiger partial charge in [-0.05, 0) is 25.5 Å². The second-order valence-corrected chi connectivity index (χ2v) is 4.98. The minimum atomic E-state index is -4.38. The number of hydrogen-bond acceptors (Lipinski definition) is 3. The van der Waals surface area contributed by atoms with Gasteiger partial charge in [-0.2, -0.15) is 13.2 Å². The summed E-state index contributed by atoms with van der Waals surface area (Å²) in [6.45, 7) is 5.60. The van der Waals surface area contributed by atoms with Crippen LogP contribution in [0.2, 0.25) is 0 Å². The first-order valence-electron chi connectivity index (χ1n) is 7.25. The van der Waals surface area contributed by atoms with Gasteiger partial charge in [-0.15, -0.1) is 0 Å². The van der Waals surface area contributed by atoms with Crippen LogP contribution in [0.4, 0.5) is 13.2 Å². The molecule has 0 aromatic heterocycles. The second kappa shape index (κ2) is 9.33. The zero-order valence-corrected chi connectivity index (χ0v) is 13.1. The van der Waals surface area contributed by atoms with Crippen molar-refractivity contribution in [3.8, 4) is 11.5 Å². The van der Waals surface area contributed by atoms with E-state index in [-0.39, 0.29) is 11.1 Å². The number of carbonyl (C=O) groups is 1. The van der Waals surface area contributed by atoms with E-state index in [1.165, 1.54) is 32.3 Å². The summed E-state index contributed by atoms with van der Waals surface area (Å²) in [5.74, 6) is -1.51. The molecule has 1 aromatic carbocycles. The van der Waals surface area contributed by atoms with E-state index in [9.17, 15) is 28.2 Å². The van der Waals surface area contributed by atoms with E-state index in [1.54, 1.807) is 0 Å². The smallest absolute Gasteiger partial charge is 0.389 e. The Morgan fingerprint density at radius 3 is 2.05 bits per heavy atom. The highest BCUT2D eigenvalue weighted by molar-refractivity contribution is 5.97. The number of rotatable bonds is 5. The Labute approximate surface area is 128 Å². The Hall–Kier alpha value is -1.72. The fraction of sp³-hybridized carbons (Fsp3) is 0.562. The summed E-state index contributed by atoms with van der Waals surface area (Å²) >= 11 is 0. The van der Waals surface area contributed by atoms with Crippen molar-refractivity contribution in [1.29, 1.82) is 0 Å². The maximum Gasteiger partial charge on any atom is 0.389 e. The minimum Gasteiger partial charge on any atom is -0.508 e. The van der Waals surface area contributed by atoms with E-state index in [0.29, 0.717) is 0 Å². The molecule has 0 amide bonds. The van der Waals surface area contributed by atoms with Crippen molar-refractivity contribution in [2.45, 2.75) is 59.1 Å². The van der Waals surface area contributed by atoms with E-state index < -0.39 is 36.3 Å². The predicted octanol–water partition coefficient (Wildman–Crippen LogP) is 4.99. The Morgan fingerprint density at radius 2 is 1.68 bits per heavy atom. The molecule has 0 bridgehead atoms. The van der Waals surface area contributed by atoms with Crippen molar-refractivity contribution in [2.24, 2.45) is 0 Å². The van der Waals surface area contributed by atoms with Crippen molar-refractivity contribution in [2.75, 3.05) is 0 Å². The highest BCUT2D eigenvalue weighted by Crippen LogP contribution is 2.34. The van der Waals surface area contributed by atoms with Gasteiger partial charge in [-0.1, -0.05) is 33.1 Å². The van der Waals surface area contributed by atoms with E-state index in [4.69, 9.17) is 0 Å². The van der Waals surface area contributed by atoms with Gasteiger partial charge < -0.3 is 10.2 Å². The number of aromatic hydroxyl groups is 2. The molecule has 0 aliphatic rings. The molecular weight excluding hydrogens is 297 g/mol. The summed E-state index contributed by atoms with van der Waals surface area (Å²) in [5, 5.41) is 18.9. The lowest BCUT2D eigenvalue weighted by Gasteiger charge is -2.11. The molecule has 0 unspecified atom stereocenters. The molecular formula is C16H23F3O3. The average molecular weight is 320 g/mol. The van der Waals surface area contributed by atoms with Crippen LogP contribution in [-0.4, -0.2) is 22.2 Å². The monoisotopic (exact) mass is 320 g/mol. The number of hydrogen-bond donors (Lipinski definition) is 2. The molecule has 1 rings (SSSR count). The van der Waals surface area contributed by atoms with Crippen LogP contribution in [0.25, 0.3) is 0 Å². The van der Waals surface area contributed by atoms with Crippen LogP contribution in [0.15, 0.2) is 12.1 Å². The lowest BCUT2D eigenvalue weighted by atomic mass is 10.0. The zero-order valence-electron chi connectivity index (χ0n) is 13.1. The number of ketones is 1. The SMILES string of the molecule is CC(=O)c1ccc(O)c(CCC(F)(F)F)c1O.CCCCC. The maximum absolute atomic E-state index is 12.0. The molecule has 0 aliphatic heterocycles. The number of benzene rings is 1. The van der Waals surface area contributed by atoms with Crippen LogP contribution in [0, 0.1) is 0 Å². The molecule has 3 nitrogen and oxygen atoms in total. The quantitative estimate of drug-likeness (QED) is 0.751. The predicted molar refractivity (Wildman–Crippen MR) is 79.4 cm³/mol. The number of alkyl halides is 3. The van der Waals surface area contributed by atoms with Gasteiger partial charge in [0, 0.05) is 12.0 Å². The van der Waals surface area contributed by atoms with Gasteiger partial charge in [0.2, 0.25) is 0 Å². The van der Waals surface area contributed by atoms with E-state index in [2.05, 4.69) is 13.8 Å². The van der Waals surface area contributed by atoms with Crippen LogP contribution in [0.5, 0.6) is 11.5 Å². The summed E-state index contributed by atoms with van der Waals surface area (Å²) in [5.41, 5.74) is -0.352. The average Bonchev–Trinajstić information content (AvgIpc) is 2.38. The summed E-state index contributed by atoms with van der Waals surface area (Å²) in [6, 6.07) is 2.27. The Morgan fingerprint density at radius 1 is 1.14 bits per heavy atom. The molecule has 126 valence electrons. The molecule has 0 saturated heterocycles. The molecule has 6 heteroatoms. The second-order valence-electron chi connectivity index (χ2n) is 4.98. The Balaban J connectivity index is 0.000000763. The number of Topliss-reactive ketones (excluding diaryl/α,β-unsaturated/α-hetero) is 1. The van der Waals surface area contributed by atoms with Gasteiger partial charge in [0.25, 0.3) is 0 Å². The third-order valence-corrected chi connectivity index (χ3v) is 3.00. The molecule has 0 atom stereocenters. The standard InChI is InChI=1S/C11H11F3O3.C5H12/c1-6(15)7-2-3-9(16)8(10(7)17)4-5-11(12,13)14;1-3-5-4-2/h2-3,16-17H,4-5H2,1H3;3-5H2,1-2H3. The van der Waals surface area contributed by atoms with Crippen molar-refractivity contribution in [3.05, 3.63) is 23.3 Å². The van der Waals surface area contributed by atoms with E-state index in [1.807, 2.05) is 0 Å². The Bertz CT molecular complexity index is 480. The first kappa shape index (κ1) is 20.3. The van der Waals surface area contributed by atoms with Crippen LogP contribution >= 0.6 is 0 Å². The minimum absolute atomic E-state index is 0.0972. The fourth-order valence-corrected chi connectivity index (χ4v) is 1.78. The number of phenolic OH excluding ortho intramolecular Hbond substituents is 2. The molecule has 0 fully saturated rings. The van der Waals surface area contributed by atoms with E-state index >= 15 is 0 Å². The van der Waals surface area contributed by atoms with Crippen LogP contribution < -0.4 is 0 Å². The number of carbonyl (C=O) groups excluding carboxylic acids is 1. The third kappa shape index (κ3) is 7.33. The van der Waals surface area contributed by atoms with E-state index in [0.717, 1.165) is 6.07 Å². The molecule has 22 heavy (non-hydrogen) atoms. The van der Waals surface area contributed by atoms with Crippen LogP contribution in [0.1, 0.15) is 62.4 Å². The summed E-state index contributed by atoms with van der Waals surface area (Å²) in [6.07, 6.45) is -2.05. The fourth-order valence-electron chi connectivity index (χ4n) is 1.78. The molecule has 0 heterocycles. The first-order chi connectivity index (χ1) is 10.1. The summed E-state index contributed by atoms with van der Waals surface area (Å²) < 4.78 is 36.1. The van der Waals surface area contributed by atoms with Crippen LogP contribution in [-0.2, 0) is 6.42 Å². The Kier molecular flexibility index (Phi) is 8.60. The normalized spacial score (nSPS) is 10.8. The summed E-state index contributed by atoms with van der Waals surface area (Å²) in [7, 11) is 0. The van der Waals surface area contributed by atoms with Gasteiger partial charge in [0.05, 0.1) is 5.56 Å². The van der Waals surface area contributed by atoms with Gasteiger partial charge >= 0.3 is 6.18 Å². The van der Waals surface area contributed by atoms with Gasteiger partial charge in [0.1, 0.15) is 11.5 Å². The van der Waals surface area contributed by atoms with Gasteiger partial charge in [-0.3, -0.25) is 4.79 Å². The topological polar surface area (TPSA) is 57.5 Å². The van der Waals surface area contributed by atoms with Crippen molar-refractivity contribution in [3.63, 3.8) is 0 Å². The molecule has 0 radical (unpaired) electrons. The van der Waals surface area contributed by atoms with Gasteiger partial charge in [-0.25, -0.2) is 0 Å². The third-order valence-electron chi connectivity index (χ3n) is 3.00. The maximum atomic E-state index is 12.0. The number of halogens is 3. The van der Waals surface area contributed by atoms with Crippen LogP contribution in [0.3, 0.4) is 0 Å². The number of phenols is 2. The molecule has 0 aliphatic carbocycles. The van der Waals surface area contributed by atoms with Crippen molar-refractivity contribution < 1.29 is 28.2 Å². The molecule has 2 N–H and O–H groups in total. The zero-order chi connectivity index (χ0) is 17.3. The van der Waals surface area contributed by atoms with Gasteiger partial charge in [0.15, 0.2) is 5.78 Å². The van der Waals surface area contributed by atoms with Crippen molar-refractivity contribution >= 4 is 5.78 Å². The highest BCUT2D eigenvalue weighted by Gasteiger charge is 2.28. The summed E-state index contributed by atoms with van der Waals surface area (Å²) in [4.78, 5) is 11.1. The molecule has 0 saturated carbocycles. The number of unbranched alkanes of at least 4 members (excludes halogenated alkanes) is 2. The lowest BCUT2D eigenvalue weighted by Crippen LogP contribution is -2.09. The first-order valence-corrected chi connectivity index (χ1v) is 7.25. The highest BCUT2D eigenvalue weighted by atomic mass is 19.4. The largest absolute Gasteiger partial charge is 0.508 e. The van der Waals surface area contributed by atoms with Crippen molar-refractivity contribution in [1.82, 2.24) is 0 Å². The lowest BCUT2D eigenvalue weighted by molar-refractivity contribution is -0.134. The molecule has 0 spiro atoms.